The van der Waals surface area contributed by atoms with Crippen molar-refractivity contribution in [1.82, 2.24) is 4.98 Å². The summed E-state index contributed by atoms with van der Waals surface area (Å²) in [5.41, 5.74) is -0.910. The fraction of sp³-hybridized carbons (Fsp3) is 0.500. The molecule has 1 aromatic heterocycles. The molecule has 0 bridgehead atoms. The molecular weight excluding hydrogens is 297 g/mol. The predicted octanol–water partition coefficient (Wildman–Crippen LogP) is 3.67. The first-order valence-electron chi connectivity index (χ1n) is 5.91. The van der Waals surface area contributed by atoms with E-state index in [9.17, 15) is 18.0 Å². The molecule has 0 saturated carbocycles. The van der Waals surface area contributed by atoms with E-state index < -0.39 is 23.6 Å². The van der Waals surface area contributed by atoms with Crippen LogP contribution in [0.25, 0.3) is 0 Å². The van der Waals surface area contributed by atoms with Gasteiger partial charge in [-0.3, -0.25) is 4.79 Å². The molecule has 1 unspecified atom stereocenters. The van der Waals surface area contributed by atoms with E-state index in [0.29, 0.717) is 25.6 Å². The van der Waals surface area contributed by atoms with Crippen LogP contribution in [0.3, 0.4) is 0 Å². The van der Waals surface area contributed by atoms with Crippen LogP contribution in [0.5, 0.6) is 0 Å². The number of anilines is 1. The number of aromatic nitrogens is 1. The van der Waals surface area contributed by atoms with Gasteiger partial charge in [0, 0.05) is 12.7 Å². The summed E-state index contributed by atoms with van der Waals surface area (Å²) in [5, 5.41) is 11.4. The lowest BCUT2D eigenvalue weighted by Crippen LogP contribution is -2.12. The quantitative estimate of drug-likeness (QED) is 0.787. The van der Waals surface area contributed by atoms with Crippen molar-refractivity contribution >= 4 is 23.4 Å². The third-order valence-electron chi connectivity index (χ3n) is 2.70. The Morgan fingerprint density at radius 2 is 2.20 bits per heavy atom. The minimum absolute atomic E-state index is 0.119. The number of alkyl halides is 3. The number of nitrogens with zero attached hydrogens (tertiary/aromatic N) is 1. The van der Waals surface area contributed by atoms with Crippen LogP contribution in [0.1, 0.15) is 25.3 Å². The molecule has 112 valence electrons. The molecule has 8 heteroatoms. The second-order valence-electron chi connectivity index (χ2n) is 4.36. The van der Waals surface area contributed by atoms with Crippen LogP contribution in [0.4, 0.5) is 19.0 Å². The topological polar surface area (TPSA) is 62.2 Å². The molecule has 4 nitrogen and oxygen atoms in total. The Morgan fingerprint density at radius 3 is 2.70 bits per heavy atom. The van der Waals surface area contributed by atoms with Gasteiger partial charge < -0.3 is 10.4 Å². The zero-order chi connectivity index (χ0) is 15.3. The average molecular weight is 311 g/mol. The molecule has 1 rings (SSSR count). The summed E-state index contributed by atoms with van der Waals surface area (Å²) < 4.78 is 37.2. The number of aliphatic carboxylic acids is 1. The van der Waals surface area contributed by atoms with Crippen LogP contribution in [0.15, 0.2) is 12.3 Å². The molecule has 0 saturated heterocycles. The number of halogens is 4. The first-order valence-corrected chi connectivity index (χ1v) is 6.29. The van der Waals surface area contributed by atoms with E-state index in [1.807, 2.05) is 0 Å². The van der Waals surface area contributed by atoms with Crippen molar-refractivity contribution in [2.75, 3.05) is 11.9 Å². The third-order valence-corrected chi connectivity index (χ3v) is 2.98. The largest absolute Gasteiger partial charge is 0.481 e. The van der Waals surface area contributed by atoms with Crippen LogP contribution in [0.2, 0.25) is 5.02 Å². The molecule has 0 aromatic carbocycles. The first-order chi connectivity index (χ1) is 9.21. The van der Waals surface area contributed by atoms with Crippen molar-refractivity contribution in [2.24, 2.45) is 5.92 Å². The summed E-state index contributed by atoms with van der Waals surface area (Å²) in [6, 6.07) is 0.802. The number of pyridine rings is 1. The summed E-state index contributed by atoms with van der Waals surface area (Å²) in [6.07, 6.45) is -2.77. The van der Waals surface area contributed by atoms with Crippen LogP contribution >= 0.6 is 11.6 Å². The van der Waals surface area contributed by atoms with Crippen molar-refractivity contribution in [3.05, 3.63) is 22.8 Å². The van der Waals surface area contributed by atoms with Crippen LogP contribution in [-0.2, 0) is 11.0 Å². The molecule has 0 spiro atoms. The predicted molar refractivity (Wildman–Crippen MR) is 68.8 cm³/mol. The summed E-state index contributed by atoms with van der Waals surface area (Å²) in [7, 11) is 0. The van der Waals surface area contributed by atoms with Gasteiger partial charge in [-0.05, 0) is 18.9 Å². The summed E-state index contributed by atoms with van der Waals surface area (Å²) >= 11 is 5.71. The standard InChI is InChI=1S/C12H14ClF3N2O2/c1-7(11(19)20)3-2-4-17-10-9(13)5-8(6-18-10)12(14,15)16/h5-7H,2-4H2,1H3,(H,17,18)(H,19,20). The van der Waals surface area contributed by atoms with E-state index in [1.165, 1.54) is 0 Å². The normalized spacial score (nSPS) is 13.1. The first kappa shape index (κ1) is 16.6. The summed E-state index contributed by atoms with van der Waals surface area (Å²) in [6.45, 7) is 1.97. The number of carbonyl (C=O) groups is 1. The summed E-state index contributed by atoms with van der Waals surface area (Å²) in [5.74, 6) is -1.19. The molecule has 0 amide bonds. The molecule has 2 N–H and O–H groups in total. The zero-order valence-electron chi connectivity index (χ0n) is 10.7. The van der Waals surface area contributed by atoms with E-state index in [1.54, 1.807) is 6.92 Å². The zero-order valence-corrected chi connectivity index (χ0v) is 11.4. The Hall–Kier alpha value is -1.50. The maximum Gasteiger partial charge on any atom is 0.417 e. The number of hydrogen-bond acceptors (Lipinski definition) is 3. The number of rotatable bonds is 6. The lowest BCUT2D eigenvalue weighted by atomic mass is 10.1. The molecule has 0 radical (unpaired) electrons. The fourth-order valence-corrected chi connectivity index (χ4v) is 1.69. The van der Waals surface area contributed by atoms with E-state index in [4.69, 9.17) is 16.7 Å². The van der Waals surface area contributed by atoms with E-state index in [-0.39, 0.29) is 10.8 Å². The highest BCUT2D eigenvalue weighted by Gasteiger charge is 2.31. The van der Waals surface area contributed by atoms with E-state index >= 15 is 0 Å². The van der Waals surface area contributed by atoms with Crippen molar-refractivity contribution in [3.63, 3.8) is 0 Å². The van der Waals surface area contributed by atoms with Gasteiger partial charge in [0.15, 0.2) is 0 Å². The Morgan fingerprint density at radius 1 is 1.55 bits per heavy atom. The highest BCUT2D eigenvalue weighted by atomic mass is 35.5. The molecule has 0 fully saturated rings. The maximum atomic E-state index is 12.4. The molecule has 0 aliphatic heterocycles. The Kier molecular flexibility index (Phi) is 5.62. The van der Waals surface area contributed by atoms with Crippen LogP contribution in [0, 0.1) is 5.92 Å². The molecule has 1 heterocycles. The lowest BCUT2D eigenvalue weighted by molar-refractivity contribution is -0.141. The second-order valence-corrected chi connectivity index (χ2v) is 4.77. The van der Waals surface area contributed by atoms with Crippen molar-refractivity contribution in [1.29, 1.82) is 0 Å². The van der Waals surface area contributed by atoms with Gasteiger partial charge in [0.25, 0.3) is 0 Å². The number of nitrogens with one attached hydrogen (secondary N) is 1. The minimum atomic E-state index is -4.48. The van der Waals surface area contributed by atoms with Gasteiger partial charge in [-0.1, -0.05) is 18.5 Å². The third kappa shape index (κ3) is 4.88. The highest BCUT2D eigenvalue weighted by molar-refractivity contribution is 6.32. The van der Waals surface area contributed by atoms with Gasteiger partial charge in [-0.15, -0.1) is 0 Å². The SMILES string of the molecule is CC(CCCNc1ncc(C(F)(F)F)cc1Cl)C(=O)O. The molecule has 0 aliphatic rings. The van der Waals surface area contributed by atoms with Gasteiger partial charge >= 0.3 is 12.1 Å². The van der Waals surface area contributed by atoms with Gasteiger partial charge in [0.1, 0.15) is 5.82 Å². The molecular formula is C12H14ClF3N2O2. The van der Waals surface area contributed by atoms with Crippen LogP contribution < -0.4 is 5.32 Å². The monoisotopic (exact) mass is 310 g/mol. The molecule has 20 heavy (non-hydrogen) atoms. The van der Waals surface area contributed by atoms with Gasteiger partial charge in [0.05, 0.1) is 16.5 Å². The fourth-order valence-electron chi connectivity index (χ4n) is 1.46. The molecule has 0 aliphatic carbocycles. The Balaban J connectivity index is 2.51. The lowest BCUT2D eigenvalue weighted by Gasteiger charge is -2.11. The van der Waals surface area contributed by atoms with E-state index in [0.717, 1.165) is 6.07 Å². The van der Waals surface area contributed by atoms with Crippen molar-refractivity contribution in [3.8, 4) is 0 Å². The maximum absolute atomic E-state index is 12.4. The van der Waals surface area contributed by atoms with E-state index in [2.05, 4.69) is 10.3 Å². The highest BCUT2D eigenvalue weighted by Crippen LogP contribution is 2.32. The Bertz CT molecular complexity index is 480. The average Bonchev–Trinajstić information content (AvgIpc) is 2.34. The van der Waals surface area contributed by atoms with Gasteiger partial charge in [-0.2, -0.15) is 13.2 Å². The van der Waals surface area contributed by atoms with Gasteiger partial charge in [-0.25, -0.2) is 4.98 Å². The summed E-state index contributed by atoms with van der Waals surface area (Å²) in [4.78, 5) is 14.2. The molecule has 1 aromatic rings. The number of carboxylic acids is 1. The second kappa shape index (κ2) is 6.78. The van der Waals surface area contributed by atoms with Crippen LogP contribution in [-0.4, -0.2) is 22.6 Å². The van der Waals surface area contributed by atoms with Crippen molar-refractivity contribution < 1.29 is 23.1 Å². The van der Waals surface area contributed by atoms with Crippen molar-refractivity contribution in [2.45, 2.75) is 25.9 Å². The van der Waals surface area contributed by atoms with Gasteiger partial charge in [0.2, 0.25) is 0 Å². The smallest absolute Gasteiger partial charge is 0.417 e. The number of hydrogen-bond donors (Lipinski definition) is 2. The minimum Gasteiger partial charge on any atom is -0.481 e. The molecule has 1 atom stereocenters. The number of carboxylic acid groups (broad SMARTS) is 1. The Labute approximate surface area is 119 Å².